The van der Waals surface area contributed by atoms with E-state index in [4.69, 9.17) is 28.2 Å². The van der Waals surface area contributed by atoms with Gasteiger partial charge in [0.2, 0.25) is 0 Å². The predicted octanol–water partition coefficient (Wildman–Crippen LogP) is 7.32. The Morgan fingerprint density at radius 2 is 1.81 bits per heavy atom. The number of hydrogen-bond acceptors (Lipinski definition) is 4. The molecule has 2 heterocycles. The highest BCUT2D eigenvalue weighted by Gasteiger charge is 2.22. The molecule has 4 aromatic rings. The summed E-state index contributed by atoms with van der Waals surface area (Å²) in [5.41, 5.74) is 3.13. The van der Waals surface area contributed by atoms with Crippen molar-refractivity contribution in [3.05, 3.63) is 84.9 Å². The molecule has 0 saturated heterocycles. The molecule has 1 aliphatic rings. The minimum absolute atomic E-state index is 0.0345. The SMILES string of the molecule is O=c1c2c3c(sc2nc(SCc2ccc(Cl)c(Cl)c2)n1-c1ccccc1)CCCCC3. The molecule has 0 spiro atoms. The van der Waals surface area contributed by atoms with Crippen LogP contribution in [0.25, 0.3) is 15.9 Å². The number of para-hydroxylation sites is 1. The molecular weight excluding hydrogens is 467 g/mol. The number of fused-ring (bicyclic) bond motifs is 3. The molecule has 2 aromatic carbocycles. The van der Waals surface area contributed by atoms with Crippen molar-refractivity contribution in [2.75, 3.05) is 0 Å². The highest BCUT2D eigenvalue weighted by Crippen LogP contribution is 2.35. The Morgan fingerprint density at radius 3 is 2.61 bits per heavy atom. The van der Waals surface area contributed by atoms with E-state index in [0.29, 0.717) is 21.0 Å². The van der Waals surface area contributed by atoms with Gasteiger partial charge < -0.3 is 0 Å². The normalized spacial score (nSPS) is 13.9. The zero-order valence-electron chi connectivity index (χ0n) is 16.7. The summed E-state index contributed by atoms with van der Waals surface area (Å²) in [5, 5.41) is 2.58. The molecule has 0 unspecified atom stereocenters. The Morgan fingerprint density at radius 1 is 1.00 bits per heavy atom. The highest BCUT2D eigenvalue weighted by molar-refractivity contribution is 7.98. The van der Waals surface area contributed by atoms with Crippen molar-refractivity contribution in [3.63, 3.8) is 0 Å². The number of thiophene rings is 1. The topological polar surface area (TPSA) is 34.9 Å². The molecule has 1 aliphatic carbocycles. The average molecular weight is 487 g/mol. The fraction of sp³-hybridized carbons (Fsp3) is 0.250. The molecule has 5 rings (SSSR count). The van der Waals surface area contributed by atoms with Gasteiger partial charge in [0.25, 0.3) is 5.56 Å². The summed E-state index contributed by atoms with van der Waals surface area (Å²) >= 11 is 15.5. The van der Waals surface area contributed by atoms with E-state index in [-0.39, 0.29) is 5.56 Å². The van der Waals surface area contributed by atoms with Crippen LogP contribution in [-0.2, 0) is 18.6 Å². The van der Waals surface area contributed by atoms with Gasteiger partial charge in [0.05, 0.1) is 21.1 Å². The highest BCUT2D eigenvalue weighted by atomic mass is 35.5. The molecule has 7 heteroatoms. The predicted molar refractivity (Wildman–Crippen MR) is 132 cm³/mol. The third kappa shape index (κ3) is 4.17. The van der Waals surface area contributed by atoms with Crippen LogP contribution in [-0.4, -0.2) is 9.55 Å². The van der Waals surface area contributed by atoms with E-state index in [2.05, 4.69) is 0 Å². The van der Waals surface area contributed by atoms with Gasteiger partial charge in [-0.3, -0.25) is 9.36 Å². The monoisotopic (exact) mass is 486 g/mol. The molecule has 31 heavy (non-hydrogen) atoms. The summed E-state index contributed by atoms with van der Waals surface area (Å²) in [6.45, 7) is 0. The summed E-state index contributed by atoms with van der Waals surface area (Å²) in [6, 6.07) is 15.4. The van der Waals surface area contributed by atoms with Crippen LogP contribution in [0.1, 0.15) is 35.3 Å². The van der Waals surface area contributed by atoms with Crippen LogP contribution < -0.4 is 5.56 Å². The number of aryl methyl sites for hydroxylation is 2. The summed E-state index contributed by atoms with van der Waals surface area (Å²) in [7, 11) is 0. The summed E-state index contributed by atoms with van der Waals surface area (Å²) in [5.74, 6) is 0.646. The van der Waals surface area contributed by atoms with Crippen molar-refractivity contribution in [1.82, 2.24) is 9.55 Å². The van der Waals surface area contributed by atoms with Crippen LogP contribution in [0, 0.1) is 0 Å². The van der Waals surface area contributed by atoms with Gasteiger partial charge in [-0.1, -0.05) is 65.7 Å². The smallest absolute Gasteiger partial charge is 0.267 e. The Labute approximate surface area is 199 Å². The first-order chi connectivity index (χ1) is 15.1. The van der Waals surface area contributed by atoms with Crippen molar-refractivity contribution in [2.24, 2.45) is 0 Å². The van der Waals surface area contributed by atoms with Crippen molar-refractivity contribution in [1.29, 1.82) is 0 Å². The first kappa shape index (κ1) is 21.1. The largest absolute Gasteiger partial charge is 0.268 e. The molecule has 2 aromatic heterocycles. The Bertz CT molecular complexity index is 1310. The van der Waals surface area contributed by atoms with Crippen LogP contribution in [0.3, 0.4) is 0 Å². The standard InChI is InChI=1S/C24H20Cl2N2OS2/c25-18-12-11-15(13-19(18)26)14-30-24-27-22-21(17-9-5-2-6-10-20(17)31-22)23(29)28(24)16-7-3-1-4-8-16/h1,3-4,7-8,11-13H,2,5-6,9-10,14H2. The van der Waals surface area contributed by atoms with E-state index in [9.17, 15) is 4.79 Å². The average Bonchev–Trinajstić information content (AvgIpc) is 2.96. The van der Waals surface area contributed by atoms with Crippen molar-refractivity contribution >= 4 is 56.5 Å². The first-order valence-electron chi connectivity index (χ1n) is 10.3. The molecule has 0 aliphatic heterocycles. The molecule has 0 saturated carbocycles. The van der Waals surface area contributed by atoms with Crippen molar-refractivity contribution in [2.45, 2.75) is 43.0 Å². The van der Waals surface area contributed by atoms with Crippen LogP contribution in [0.4, 0.5) is 0 Å². The second kappa shape index (κ2) is 8.99. The molecule has 0 bridgehead atoms. The van der Waals surface area contributed by atoms with Crippen LogP contribution in [0.5, 0.6) is 0 Å². The number of thioether (sulfide) groups is 1. The molecular formula is C24H20Cl2N2OS2. The fourth-order valence-corrected chi connectivity index (χ4v) is 6.62. The Balaban J connectivity index is 1.64. The lowest BCUT2D eigenvalue weighted by molar-refractivity contribution is 0.713. The molecule has 0 atom stereocenters. The van der Waals surface area contributed by atoms with E-state index in [1.165, 1.54) is 23.3 Å². The van der Waals surface area contributed by atoms with Gasteiger partial charge in [-0.25, -0.2) is 4.98 Å². The van der Waals surface area contributed by atoms with Gasteiger partial charge in [-0.15, -0.1) is 11.3 Å². The molecule has 0 amide bonds. The maximum atomic E-state index is 13.8. The van der Waals surface area contributed by atoms with Gasteiger partial charge in [0.1, 0.15) is 4.83 Å². The van der Waals surface area contributed by atoms with Gasteiger partial charge in [-0.05, 0) is 61.1 Å². The molecule has 0 radical (unpaired) electrons. The van der Waals surface area contributed by atoms with Gasteiger partial charge in [0, 0.05) is 10.6 Å². The lowest BCUT2D eigenvalue weighted by Crippen LogP contribution is -2.22. The van der Waals surface area contributed by atoms with E-state index < -0.39 is 0 Å². The minimum atomic E-state index is 0.0345. The van der Waals surface area contributed by atoms with E-state index in [0.717, 1.165) is 40.7 Å². The second-order valence-electron chi connectivity index (χ2n) is 7.65. The number of hydrogen-bond donors (Lipinski definition) is 0. The summed E-state index contributed by atoms with van der Waals surface area (Å²) in [6.07, 6.45) is 5.56. The number of nitrogens with zero attached hydrogens (tertiary/aromatic N) is 2. The number of benzene rings is 2. The van der Waals surface area contributed by atoms with Crippen LogP contribution >= 0.6 is 46.3 Å². The zero-order valence-corrected chi connectivity index (χ0v) is 19.9. The van der Waals surface area contributed by atoms with E-state index in [1.54, 1.807) is 33.7 Å². The Kier molecular flexibility index (Phi) is 6.11. The van der Waals surface area contributed by atoms with Crippen molar-refractivity contribution in [3.8, 4) is 5.69 Å². The number of aromatic nitrogens is 2. The summed E-state index contributed by atoms with van der Waals surface area (Å²) in [4.78, 5) is 21.0. The summed E-state index contributed by atoms with van der Waals surface area (Å²) < 4.78 is 1.77. The lowest BCUT2D eigenvalue weighted by Gasteiger charge is -2.13. The third-order valence-corrected chi connectivity index (χ3v) is 8.51. The van der Waals surface area contributed by atoms with Crippen molar-refractivity contribution < 1.29 is 0 Å². The molecule has 0 N–H and O–H groups in total. The van der Waals surface area contributed by atoms with Crippen LogP contribution in [0.2, 0.25) is 10.0 Å². The quantitative estimate of drug-likeness (QED) is 0.172. The van der Waals surface area contributed by atoms with E-state index in [1.807, 2.05) is 42.5 Å². The number of halogens is 2. The van der Waals surface area contributed by atoms with Gasteiger partial charge >= 0.3 is 0 Å². The lowest BCUT2D eigenvalue weighted by atomic mass is 10.1. The fourth-order valence-electron chi connectivity index (χ4n) is 4.04. The van der Waals surface area contributed by atoms with Gasteiger partial charge in [-0.2, -0.15) is 0 Å². The first-order valence-corrected chi connectivity index (χ1v) is 12.9. The second-order valence-corrected chi connectivity index (χ2v) is 10.5. The Hall–Kier alpha value is -1.79. The minimum Gasteiger partial charge on any atom is -0.268 e. The van der Waals surface area contributed by atoms with Crippen LogP contribution in [0.15, 0.2) is 58.5 Å². The molecule has 3 nitrogen and oxygen atoms in total. The zero-order chi connectivity index (χ0) is 21.4. The molecule has 0 fully saturated rings. The van der Waals surface area contributed by atoms with E-state index >= 15 is 0 Å². The van der Waals surface area contributed by atoms with Gasteiger partial charge in [0.15, 0.2) is 5.16 Å². The third-order valence-electron chi connectivity index (χ3n) is 5.57. The maximum Gasteiger partial charge on any atom is 0.267 e. The maximum absolute atomic E-state index is 13.8. The number of rotatable bonds is 4. The molecule has 158 valence electrons.